The molecule has 0 heteroatoms. The highest BCUT2D eigenvalue weighted by Gasteiger charge is 2.01. The minimum Gasteiger partial charge on any atom is -0.0999 e. The van der Waals surface area contributed by atoms with Gasteiger partial charge in [-0.25, -0.2) is 0 Å². The van der Waals surface area contributed by atoms with Crippen LogP contribution in [0, 0.1) is 0 Å². The lowest BCUT2D eigenvalue weighted by atomic mass is 10.3. The molecule has 0 nitrogen and oxygen atoms in total. The van der Waals surface area contributed by atoms with Crippen molar-refractivity contribution in [2.24, 2.45) is 0 Å². The zero-order valence-electron chi connectivity index (χ0n) is 8.16. The van der Waals surface area contributed by atoms with Gasteiger partial charge in [0.15, 0.2) is 0 Å². The van der Waals surface area contributed by atoms with Crippen LogP contribution < -0.4 is 0 Å². The van der Waals surface area contributed by atoms with Gasteiger partial charge in [-0.15, -0.1) is 0 Å². The fourth-order valence-corrected chi connectivity index (χ4v) is 1.23. The maximum atomic E-state index is 3.85. The summed E-state index contributed by atoms with van der Waals surface area (Å²) in [5, 5.41) is 0. The molecule has 0 saturated heterocycles. The van der Waals surface area contributed by atoms with Crippen LogP contribution in [0.1, 0.15) is 58.8 Å². The van der Waals surface area contributed by atoms with E-state index >= 15 is 0 Å². The lowest BCUT2D eigenvalue weighted by Gasteiger charge is -1.80. The smallest absolute Gasteiger partial charge is 0.0323 e. The second kappa shape index (κ2) is 7.84. The summed E-state index contributed by atoms with van der Waals surface area (Å²) in [6, 6.07) is 0. The monoisotopic (exact) mass is 154 g/mol. The standard InChI is InChI=1S/C6H10.C5H12/c1-6-4-2-3-5-6;1-3-5-4-2/h1-5H2;3-5H2,1-2H3. The Hall–Kier alpha value is -0.260. The first-order valence-electron chi connectivity index (χ1n) is 4.97. The van der Waals surface area contributed by atoms with E-state index in [-0.39, 0.29) is 0 Å². The van der Waals surface area contributed by atoms with Gasteiger partial charge < -0.3 is 0 Å². The highest BCUT2D eigenvalue weighted by molar-refractivity contribution is 4.98. The molecule has 0 amide bonds. The van der Waals surface area contributed by atoms with E-state index in [2.05, 4.69) is 20.4 Å². The van der Waals surface area contributed by atoms with Gasteiger partial charge in [0, 0.05) is 0 Å². The molecular formula is C11H22. The lowest BCUT2D eigenvalue weighted by molar-refractivity contribution is 0.772. The summed E-state index contributed by atoms with van der Waals surface area (Å²) in [6.45, 7) is 8.28. The molecule has 1 saturated carbocycles. The van der Waals surface area contributed by atoms with Crippen LogP contribution in [0.25, 0.3) is 0 Å². The molecule has 0 spiro atoms. The topological polar surface area (TPSA) is 0 Å². The summed E-state index contributed by atoms with van der Waals surface area (Å²) in [5.74, 6) is 0. The van der Waals surface area contributed by atoms with Gasteiger partial charge in [-0.1, -0.05) is 45.3 Å². The van der Waals surface area contributed by atoms with E-state index in [1.807, 2.05) is 0 Å². The molecule has 0 bridgehead atoms. The average Bonchev–Trinajstić information content (AvgIpc) is 2.43. The van der Waals surface area contributed by atoms with E-state index in [1.54, 1.807) is 0 Å². The van der Waals surface area contributed by atoms with Crippen molar-refractivity contribution in [3.63, 3.8) is 0 Å². The van der Waals surface area contributed by atoms with Crippen LogP contribution in [-0.2, 0) is 0 Å². The number of rotatable bonds is 2. The van der Waals surface area contributed by atoms with Crippen molar-refractivity contribution in [3.8, 4) is 0 Å². The zero-order valence-corrected chi connectivity index (χ0v) is 8.16. The van der Waals surface area contributed by atoms with Crippen LogP contribution in [0.3, 0.4) is 0 Å². The predicted octanol–water partition coefficient (Wildman–Crippen LogP) is 4.31. The third kappa shape index (κ3) is 7.64. The highest BCUT2D eigenvalue weighted by Crippen LogP contribution is 2.20. The van der Waals surface area contributed by atoms with Gasteiger partial charge in [0.1, 0.15) is 0 Å². The minimum absolute atomic E-state index is 1.29. The molecule has 1 fully saturated rings. The number of allylic oxidation sites excluding steroid dienone is 1. The Bertz CT molecular complexity index is 82.2. The largest absolute Gasteiger partial charge is 0.0999 e. The van der Waals surface area contributed by atoms with Gasteiger partial charge in [-0.05, 0) is 25.7 Å². The Kier molecular flexibility index (Phi) is 7.66. The summed E-state index contributed by atoms with van der Waals surface area (Å²) in [7, 11) is 0. The van der Waals surface area contributed by atoms with Crippen molar-refractivity contribution in [2.45, 2.75) is 58.8 Å². The van der Waals surface area contributed by atoms with Crippen molar-refractivity contribution in [2.75, 3.05) is 0 Å². The van der Waals surface area contributed by atoms with Crippen molar-refractivity contribution in [1.29, 1.82) is 0 Å². The molecule has 66 valence electrons. The van der Waals surface area contributed by atoms with E-state index in [9.17, 15) is 0 Å². The fraction of sp³-hybridized carbons (Fsp3) is 0.818. The van der Waals surface area contributed by atoms with Crippen molar-refractivity contribution < 1.29 is 0 Å². The van der Waals surface area contributed by atoms with Gasteiger partial charge in [0.2, 0.25) is 0 Å². The Morgan fingerprint density at radius 2 is 1.55 bits per heavy atom. The Morgan fingerprint density at radius 1 is 1.09 bits per heavy atom. The van der Waals surface area contributed by atoms with Crippen LogP contribution in [0.4, 0.5) is 0 Å². The van der Waals surface area contributed by atoms with E-state index in [4.69, 9.17) is 0 Å². The third-order valence-electron chi connectivity index (χ3n) is 2.02. The predicted molar refractivity (Wildman–Crippen MR) is 52.8 cm³/mol. The molecule has 1 rings (SSSR count). The fourth-order valence-electron chi connectivity index (χ4n) is 1.23. The zero-order chi connectivity index (χ0) is 8.53. The molecule has 0 aromatic carbocycles. The number of hydrogen-bond donors (Lipinski definition) is 0. The van der Waals surface area contributed by atoms with E-state index in [0.29, 0.717) is 0 Å². The van der Waals surface area contributed by atoms with Crippen LogP contribution in [-0.4, -0.2) is 0 Å². The average molecular weight is 154 g/mol. The van der Waals surface area contributed by atoms with Gasteiger partial charge >= 0.3 is 0 Å². The van der Waals surface area contributed by atoms with E-state index < -0.39 is 0 Å². The molecular weight excluding hydrogens is 132 g/mol. The molecule has 11 heavy (non-hydrogen) atoms. The van der Waals surface area contributed by atoms with Gasteiger partial charge in [0.05, 0.1) is 0 Å². The SMILES string of the molecule is C=C1CCCC1.CCCCC. The molecule has 0 aromatic rings. The molecule has 1 aliphatic rings. The van der Waals surface area contributed by atoms with Gasteiger partial charge in [-0.3, -0.25) is 0 Å². The van der Waals surface area contributed by atoms with Crippen LogP contribution >= 0.6 is 0 Å². The Balaban J connectivity index is 0.000000187. The minimum atomic E-state index is 1.29. The second-order valence-corrected chi connectivity index (χ2v) is 3.31. The van der Waals surface area contributed by atoms with Crippen molar-refractivity contribution in [1.82, 2.24) is 0 Å². The highest BCUT2D eigenvalue weighted by atomic mass is 14.1. The molecule has 1 aliphatic carbocycles. The maximum Gasteiger partial charge on any atom is -0.0323 e. The van der Waals surface area contributed by atoms with Crippen molar-refractivity contribution >= 4 is 0 Å². The summed E-state index contributed by atoms with van der Waals surface area (Å²) in [6.07, 6.45) is 9.44. The molecule has 0 unspecified atom stereocenters. The Labute approximate surface area is 71.7 Å². The molecule has 0 radical (unpaired) electrons. The van der Waals surface area contributed by atoms with E-state index in [1.165, 1.54) is 50.5 Å². The van der Waals surface area contributed by atoms with Crippen LogP contribution in [0.2, 0.25) is 0 Å². The molecule has 0 N–H and O–H groups in total. The van der Waals surface area contributed by atoms with Crippen molar-refractivity contribution in [3.05, 3.63) is 12.2 Å². The summed E-state index contributed by atoms with van der Waals surface area (Å²) < 4.78 is 0. The molecule has 0 heterocycles. The first-order chi connectivity index (χ1) is 5.31. The quantitative estimate of drug-likeness (QED) is 0.520. The molecule has 0 aliphatic heterocycles. The normalized spacial score (nSPS) is 16.0. The number of hydrogen-bond acceptors (Lipinski definition) is 0. The first-order valence-corrected chi connectivity index (χ1v) is 4.97. The third-order valence-corrected chi connectivity index (χ3v) is 2.02. The van der Waals surface area contributed by atoms with Gasteiger partial charge in [0.25, 0.3) is 0 Å². The lowest BCUT2D eigenvalue weighted by Crippen LogP contribution is -1.59. The van der Waals surface area contributed by atoms with E-state index in [0.717, 1.165) is 0 Å². The summed E-state index contributed by atoms with van der Waals surface area (Å²) in [5.41, 5.74) is 1.45. The van der Waals surface area contributed by atoms with Crippen LogP contribution in [0.15, 0.2) is 12.2 Å². The first kappa shape index (κ1) is 10.7. The summed E-state index contributed by atoms with van der Waals surface area (Å²) in [4.78, 5) is 0. The number of unbranched alkanes of at least 4 members (excludes halogenated alkanes) is 2. The second-order valence-electron chi connectivity index (χ2n) is 3.31. The molecule has 0 atom stereocenters. The van der Waals surface area contributed by atoms with Crippen LogP contribution in [0.5, 0.6) is 0 Å². The molecule has 0 aromatic heterocycles. The summed E-state index contributed by atoms with van der Waals surface area (Å²) >= 11 is 0. The van der Waals surface area contributed by atoms with Gasteiger partial charge in [-0.2, -0.15) is 0 Å². The maximum absolute atomic E-state index is 3.85. The Morgan fingerprint density at radius 3 is 1.64 bits per heavy atom.